The summed E-state index contributed by atoms with van der Waals surface area (Å²) in [6.45, 7) is 7.94. The van der Waals surface area contributed by atoms with E-state index in [-0.39, 0.29) is 29.7 Å². The van der Waals surface area contributed by atoms with Crippen LogP contribution in [0, 0.1) is 5.41 Å². The highest BCUT2D eigenvalue weighted by Crippen LogP contribution is 2.40. The number of aromatic nitrogens is 1. The predicted molar refractivity (Wildman–Crippen MR) is 158 cm³/mol. The number of fused-ring (bicyclic) bond motifs is 1. The third kappa shape index (κ3) is 6.15. The van der Waals surface area contributed by atoms with Crippen LogP contribution in [0.15, 0.2) is 48.7 Å². The highest BCUT2D eigenvalue weighted by Gasteiger charge is 2.35. The van der Waals surface area contributed by atoms with Gasteiger partial charge >= 0.3 is 5.97 Å². The number of hydrogen-bond donors (Lipinski definition) is 1. The van der Waals surface area contributed by atoms with E-state index in [0.717, 1.165) is 36.8 Å². The molecule has 4 rings (SSSR count). The summed E-state index contributed by atoms with van der Waals surface area (Å²) in [6, 6.07) is 13.5. The topological polar surface area (TPSA) is 94.1 Å². The van der Waals surface area contributed by atoms with Crippen LogP contribution in [-0.4, -0.2) is 52.7 Å². The fourth-order valence-corrected chi connectivity index (χ4v) is 5.98. The van der Waals surface area contributed by atoms with Gasteiger partial charge in [0.15, 0.2) is 0 Å². The van der Waals surface area contributed by atoms with Crippen LogP contribution in [0.2, 0.25) is 0 Å². The van der Waals surface area contributed by atoms with Gasteiger partial charge in [0.2, 0.25) is 5.78 Å². The lowest BCUT2D eigenvalue weighted by molar-refractivity contribution is -0.141. The summed E-state index contributed by atoms with van der Waals surface area (Å²) in [5, 5.41) is 0. The van der Waals surface area contributed by atoms with Crippen molar-refractivity contribution in [2.45, 2.75) is 84.7 Å². The number of carbonyl (C=O) groups is 3. The Hall–Kier alpha value is -3.45. The molecule has 1 saturated carbocycles. The van der Waals surface area contributed by atoms with Crippen LogP contribution >= 0.6 is 0 Å². The van der Waals surface area contributed by atoms with Crippen LogP contribution in [0.5, 0.6) is 0 Å². The summed E-state index contributed by atoms with van der Waals surface area (Å²) in [6.07, 6.45) is 9.23. The molecule has 214 valence electrons. The van der Waals surface area contributed by atoms with Gasteiger partial charge in [-0.05, 0) is 87.1 Å². The quantitative estimate of drug-likeness (QED) is 0.250. The number of rotatable bonds is 11. The van der Waals surface area contributed by atoms with Crippen molar-refractivity contribution >= 4 is 23.2 Å². The number of hydrogen-bond acceptors (Lipinski definition) is 5. The summed E-state index contributed by atoms with van der Waals surface area (Å²) in [5.41, 5.74) is 11.2. The van der Waals surface area contributed by atoms with Gasteiger partial charge in [0.1, 0.15) is 6.54 Å². The molecule has 0 radical (unpaired) electrons. The molecule has 7 nitrogen and oxygen atoms in total. The molecule has 0 spiro atoms. The third-order valence-electron chi connectivity index (χ3n) is 8.69. The van der Waals surface area contributed by atoms with Gasteiger partial charge in [-0.1, -0.05) is 44.5 Å². The van der Waals surface area contributed by atoms with E-state index in [9.17, 15) is 14.4 Å². The first-order valence-electron chi connectivity index (χ1n) is 14.5. The van der Waals surface area contributed by atoms with Crippen LogP contribution < -0.4 is 5.73 Å². The number of amides is 1. The minimum absolute atomic E-state index is 0.0404. The maximum Gasteiger partial charge on any atom is 0.325 e. The molecule has 2 aromatic heterocycles. The molecule has 0 saturated heterocycles. The monoisotopic (exact) mass is 545 g/mol. The SMILES string of the molecule is CCc1cc2cc(C(=O)N(CC(=O)OC)C(C)C)ccn2c1C(=O)c1ccc(CCCC2(C)CCCC2N)cc1. The molecule has 0 bridgehead atoms. The van der Waals surface area contributed by atoms with Crippen LogP contribution in [0.3, 0.4) is 0 Å². The van der Waals surface area contributed by atoms with Crippen molar-refractivity contribution in [3.05, 3.63) is 76.6 Å². The second-order valence-corrected chi connectivity index (χ2v) is 11.7. The van der Waals surface area contributed by atoms with Gasteiger partial charge in [-0.3, -0.25) is 14.4 Å². The summed E-state index contributed by atoms with van der Waals surface area (Å²) in [4.78, 5) is 40.3. The van der Waals surface area contributed by atoms with Gasteiger partial charge in [0.25, 0.3) is 5.91 Å². The second kappa shape index (κ2) is 12.4. The Morgan fingerprint density at radius 1 is 1.12 bits per heavy atom. The molecule has 40 heavy (non-hydrogen) atoms. The van der Waals surface area contributed by atoms with Crippen LogP contribution in [0.25, 0.3) is 5.52 Å². The number of benzene rings is 1. The molecule has 1 aliphatic carbocycles. The lowest BCUT2D eigenvalue weighted by atomic mass is 9.80. The summed E-state index contributed by atoms with van der Waals surface area (Å²) >= 11 is 0. The lowest BCUT2D eigenvalue weighted by Crippen LogP contribution is -2.41. The number of aryl methyl sites for hydroxylation is 2. The Morgan fingerprint density at radius 3 is 2.45 bits per heavy atom. The highest BCUT2D eigenvalue weighted by atomic mass is 16.5. The number of ketones is 1. The second-order valence-electron chi connectivity index (χ2n) is 11.7. The lowest BCUT2D eigenvalue weighted by Gasteiger charge is -2.29. The predicted octanol–water partition coefficient (Wildman–Crippen LogP) is 5.60. The van der Waals surface area contributed by atoms with E-state index in [2.05, 4.69) is 19.1 Å². The van der Waals surface area contributed by atoms with Crippen molar-refractivity contribution in [3.63, 3.8) is 0 Å². The molecular formula is C33H43N3O4. The van der Waals surface area contributed by atoms with Crippen LogP contribution in [0.1, 0.15) is 97.3 Å². The minimum atomic E-state index is -0.467. The normalized spacial score (nSPS) is 18.8. The molecule has 1 aliphatic rings. The molecule has 2 atom stereocenters. The van der Waals surface area contributed by atoms with E-state index >= 15 is 0 Å². The highest BCUT2D eigenvalue weighted by molar-refractivity contribution is 6.10. The Balaban J connectivity index is 1.52. The first-order chi connectivity index (χ1) is 19.1. The van der Waals surface area contributed by atoms with E-state index in [4.69, 9.17) is 10.5 Å². The van der Waals surface area contributed by atoms with Crippen molar-refractivity contribution in [1.29, 1.82) is 0 Å². The standard InChI is InChI=1S/C33H43N3O4/c1-6-24-19-27-20-26(32(39)36(22(2)3)21-29(37)40-5)15-18-35(27)30(24)31(38)25-13-11-23(12-14-25)9-7-16-33(4)17-8-10-28(33)34/h11-15,18-20,22,28H,6-10,16-17,21,34H2,1-5H3. The Morgan fingerprint density at radius 2 is 1.85 bits per heavy atom. The van der Waals surface area contributed by atoms with Crippen LogP contribution in [0.4, 0.5) is 0 Å². The van der Waals surface area contributed by atoms with Crippen molar-refractivity contribution < 1.29 is 19.1 Å². The largest absolute Gasteiger partial charge is 0.468 e. The number of ether oxygens (including phenoxy) is 1. The van der Waals surface area contributed by atoms with Gasteiger partial charge in [-0.15, -0.1) is 0 Å². The van der Waals surface area contributed by atoms with E-state index in [1.807, 2.05) is 43.4 Å². The fraction of sp³-hybridized carbons (Fsp3) is 0.485. The zero-order chi connectivity index (χ0) is 29.0. The van der Waals surface area contributed by atoms with Gasteiger partial charge in [-0.25, -0.2) is 0 Å². The number of esters is 1. The first kappa shape index (κ1) is 29.5. The molecule has 1 amide bonds. The number of nitrogens with zero attached hydrogens (tertiary/aromatic N) is 2. The third-order valence-corrected chi connectivity index (χ3v) is 8.69. The van der Waals surface area contributed by atoms with E-state index in [0.29, 0.717) is 29.3 Å². The molecule has 0 aliphatic heterocycles. The minimum Gasteiger partial charge on any atom is -0.468 e. The van der Waals surface area contributed by atoms with Gasteiger partial charge < -0.3 is 19.8 Å². The van der Waals surface area contributed by atoms with Crippen molar-refractivity contribution in [2.24, 2.45) is 11.1 Å². The molecule has 2 heterocycles. The average molecular weight is 546 g/mol. The molecule has 1 fully saturated rings. The van der Waals surface area contributed by atoms with E-state index in [1.54, 1.807) is 18.3 Å². The Kier molecular flexibility index (Phi) is 9.14. The Bertz CT molecular complexity index is 1370. The number of carbonyl (C=O) groups excluding carboxylic acids is 3. The van der Waals surface area contributed by atoms with Crippen molar-refractivity contribution in [2.75, 3.05) is 13.7 Å². The number of methoxy groups -OCH3 is 1. The zero-order valence-corrected chi connectivity index (χ0v) is 24.5. The maximum atomic E-state index is 13.7. The molecule has 7 heteroatoms. The number of pyridine rings is 1. The Labute approximate surface area is 237 Å². The van der Waals surface area contributed by atoms with Gasteiger partial charge in [0.05, 0.1) is 12.8 Å². The van der Waals surface area contributed by atoms with E-state index in [1.165, 1.54) is 30.4 Å². The van der Waals surface area contributed by atoms with E-state index < -0.39 is 5.97 Å². The zero-order valence-electron chi connectivity index (χ0n) is 24.5. The van der Waals surface area contributed by atoms with Gasteiger partial charge in [0, 0.05) is 34.9 Å². The molecule has 2 unspecified atom stereocenters. The van der Waals surface area contributed by atoms with Gasteiger partial charge in [-0.2, -0.15) is 0 Å². The fourth-order valence-electron chi connectivity index (χ4n) is 5.98. The molecule has 1 aromatic carbocycles. The van der Waals surface area contributed by atoms with Crippen molar-refractivity contribution in [3.8, 4) is 0 Å². The molecule has 2 N–H and O–H groups in total. The summed E-state index contributed by atoms with van der Waals surface area (Å²) in [7, 11) is 1.31. The summed E-state index contributed by atoms with van der Waals surface area (Å²) < 4.78 is 6.62. The number of nitrogens with two attached hydrogens (primary N) is 1. The van der Waals surface area contributed by atoms with Crippen molar-refractivity contribution in [1.82, 2.24) is 9.30 Å². The first-order valence-corrected chi connectivity index (χ1v) is 14.5. The molecule has 3 aromatic rings. The maximum absolute atomic E-state index is 13.7. The van der Waals surface area contributed by atoms with Crippen LogP contribution in [-0.2, 0) is 22.4 Å². The molecular weight excluding hydrogens is 502 g/mol. The average Bonchev–Trinajstić information content (AvgIpc) is 3.49. The smallest absolute Gasteiger partial charge is 0.325 e. The summed E-state index contributed by atoms with van der Waals surface area (Å²) in [5.74, 6) is -0.763.